The standard InChI is InChI=1S/C19H23NO5S/c1-20(14-15-7-5-4-6-8-15)19(21)11-12-26(22,23)16-9-10-17(24-2)18(13-16)25-3/h4-10,13H,11-12,14H2,1-3H3. The third kappa shape index (κ3) is 4.98. The topological polar surface area (TPSA) is 72.9 Å². The molecule has 0 aromatic heterocycles. The van der Waals surface area contributed by atoms with E-state index >= 15 is 0 Å². The van der Waals surface area contributed by atoms with E-state index in [1.807, 2.05) is 30.3 Å². The molecule has 0 aliphatic heterocycles. The van der Waals surface area contributed by atoms with Crippen molar-refractivity contribution >= 4 is 15.7 Å². The van der Waals surface area contributed by atoms with Crippen LogP contribution in [0.25, 0.3) is 0 Å². The van der Waals surface area contributed by atoms with Gasteiger partial charge in [0.1, 0.15) is 0 Å². The van der Waals surface area contributed by atoms with E-state index in [4.69, 9.17) is 9.47 Å². The van der Waals surface area contributed by atoms with Gasteiger partial charge in [-0.25, -0.2) is 8.42 Å². The molecular formula is C19H23NO5S. The minimum atomic E-state index is -3.60. The Morgan fingerprint density at radius 2 is 1.65 bits per heavy atom. The number of hydrogen-bond donors (Lipinski definition) is 0. The monoisotopic (exact) mass is 377 g/mol. The minimum absolute atomic E-state index is 0.0833. The summed E-state index contributed by atoms with van der Waals surface area (Å²) in [6.07, 6.45) is -0.0833. The number of benzene rings is 2. The molecule has 0 bridgehead atoms. The lowest BCUT2D eigenvalue weighted by Gasteiger charge is -2.17. The van der Waals surface area contributed by atoms with Crippen LogP contribution in [0.2, 0.25) is 0 Å². The minimum Gasteiger partial charge on any atom is -0.493 e. The molecule has 140 valence electrons. The van der Waals surface area contributed by atoms with E-state index < -0.39 is 9.84 Å². The van der Waals surface area contributed by atoms with Crippen LogP contribution in [0.5, 0.6) is 11.5 Å². The van der Waals surface area contributed by atoms with Crippen molar-refractivity contribution in [3.05, 3.63) is 54.1 Å². The summed E-state index contributed by atoms with van der Waals surface area (Å²) in [4.78, 5) is 13.9. The molecular weight excluding hydrogens is 354 g/mol. The molecule has 7 heteroatoms. The van der Waals surface area contributed by atoms with Crippen LogP contribution in [-0.4, -0.2) is 46.2 Å². The average Bonchev–Trinajstić information content (AvgIpc) is 2.66. The van der Waals surface area contributed by atoms with Crippen molar-refractivity contribution in [1.82, 2.24) is 4.90 Å². The quantitative estimate of drug-likeness (QED) is 0.707. The molecule has 0 aliphatic carbocycles. The smallest absolute Gasteiger partial charge is 0.223 e. The first kappa shape index (κ1) is 19.8. The van der Waals surface area contributed by atoms with Crippen LogP contribution in [0.4, 0.5) is 0 Å². The Hall–Kier alpha value is -2.54. The Morgan fingerprint density at radius 1 is 1.00 bits per heavy atom. The maximum Gasteiger partial charge on any atom is 0.223 e. The highest BCUT2D eigenvalue weighted by Crippen LogP contribution is 2.30. The van der Waals surface area contributed by atoms with Crippen molar-refractivity contribution < 1.29 is 22.7 Å². The zero-order valence-corrected chi connectivity index (χ0v) is 16.0. The number of amides is 1. The number of nitrogens with zero attached hydrogens (tertiary/aromatic N) is 1. The predicted molar refractivity (Wildman–Crippen MR) is 99.1 cm³/mol. The molecule has 0 heterocycles. The molecule has 0 N–H and O–H groups in total. The van der Waals surface area contributed by atoms with Crippen LogP contribution < -0.4 is 9.47 Å². The maximum absolute atomic E-state index is 12.5. The zero-order valence-electron chi connectivity index (χ0n) is 15.1. The summed E-state index contributed by atoms with van der Waals surface area (Å²) in [5, 5.41) is 0. The Bertz CT molecular complexity index is 849. The second-order valence-electron chi connectivity index (χ2n) is 5.82. The van der Waals surface area contributed by atoms with Crippen molar-refractivity contribution in [2.45, 2.75) is 17.9 Å². The molecule has 2 aromatic rings. The average molecular weight is 377 g/mol. The summed E-state index contributed by atoms with van der Waals surface area (Å²) in [5.74, 6) is 0.296. The molecule has 0 aliphatic rings. The van der Waals surface area contributed by atoms with Crippen LogP contribution in [0.1, 0.15) is 12.0 Å². The molecule has 2 aromatic carbocycles. The van der Waals surface area contributed by atoms with Crippen molar-refractivity contribution in [3.8, 4) is 11.5 Å². The van der Waals surface area contributed by atoms with Gasteiger partial charge in [0.2, 0.25) is 5.91 Å². The van der Waals surface area contributed by atoms with Crippen molar-refractivity contribution in [2.24, 2.45) is 0 Å². The Labute approximate surface area is 154 Å². The zero-order chi connectivity index (χ0) is 19.2. The van der Waals surface area contributed by atoms with Gasteiger partial charge in [0.25, 0.3) is 0 Å². The maximum atomic E-state index is 12.5. The first-order valence-corrected chi connectivity index (χ1v) is 9.75. The van der Waals surface area contributed by atoms with Gasteiger partial charge in [-0.2, -0.15) is 0 Å². The Kier molecular flexibility index (Phi) is 6.63. The van der Waals surface area contributed by atoms with E-state index in [1.54, 1.807) is 7.05 Å². The molecule has 1 amide bonds. The summed E-state index contributed by atoms with van der Waals surface area (Å²) < 4.78 is 35.3. The first-order valence-electron chi connectivity index (χ1n) is 8.10. The largest absolute Gasteiger partial charge is 0.493 e. The lowest BCUT2D eigenvalue weighted by atomic mass is 10.2. The summed E-state index contributed by atoms with van der Waals surface area (Å²) in [6, 6.07) is 13.9. The fourth-order valence-corrected chi connectivity index (χ4v) is 3.73. The van der Waals surface area contributed by atoms with Crippen molar-refractivity contribution in [3.63, 3.8) is 0 Å². The van der Waals surface area contributed by atoms with Crippen LogP contribution in [0.3, 0.4) is 0 Å². The van der Waals surface area contributed by atoms with E-state index in [1.165, 1.54) is 37.3 Å². The SMILES string of the molecule is COc1ccc(S(=O)(=O)CCC(=O)N(C)Cc2ccccc2)cc1OC. The first-order chi connectivity index (χ1) is 12.4. The molecule has 26 heavy (non-hydrogen) atoms. The fourth-order valence-electron chi connectivity index (χ4n) is 2.49. The van der Waals surface area contributed by atoms with Gasteiger partial charge in [-0.05, 0) is 17.7 Å². The normalized spacial score (nSPS) is 11.0. The number of ether oxygens (including phenoxy) is 2. The van der Waals surface area contributed by atoms with Crippen LogP contribution in [-0.2, 0) is 21.2 Å². The molecule has 0 fully saturated rings. The molecule has 0 atom stereocenters. The highest BCUT2D eigenvalue weighted by Gasteiger charge is 2.20. The van der Waals surface area contributed by atoms with Gasteiger partial charge >= 0.3 is 0 Å². The predicted octanol–water partition coefficient (Wildman–Crippen LogP) is 2.53. The number of carbonyl (C=O) groups excluding carboxylic acids is 1. The number of methoxy groups -OCH3 is 2. The van der Waals surface area contributed by atoms with Crippen LogP contribution in [0.15, 0.2) is 53.4 Å². The summed E-state index contributed by atoms with van der Waals surface area (Å²) in [7, 11) is 0.983. The van der Waals surface area contributed by atoms with E-state index in [0.29, 0.717) is 18.0 Å². The fraction of sp³-hybridized carbons (Fsp3) is 0.316. The number of carbonyl (C=O) groups is 1. The number of sulfone groups is 1. The molecule has 0 radical (unpaired) electrons. The van der Waals surface area contributed by atoms with Crippen LogP contribution in [0, 0.1) is 0 Å². The third-order valence-electron chi connectivity index (χ3n) is 3.99. The Balaban J connectivity index is 2.02. The van der Waals surface area contributed by atoms with Gasteiger partial charge in [0.15, 0.2) is 21.3 Å². The lowest BCUT2D eigenvalue weighted by molar-refractivity contribution is -0.130. The van der Waals surface area contributed by atoms with Crippen LogP contribution >= 0.6 is 0 Å². The second kappa shape index (κ2) is 8.71. The van der Waals surface area contributed by atoms with E-state index in [-0.39, 0.29) is 23.0 Å². The molecule has 0 saturated heterocycles. The van der Waals surface area contributed by atoms with E-state index in [2.05, 4.69) is 0 Å². The summed E-state index contributed by atoms with van der Waals surface area (Å²) in [6.45, 7) is 0.441. The van der Waals surface area contributed by atoms with Gasteiger partial charge in [-0.15, -0.1) is 0 Å². The van der Waals surface area contributed by atoms with Gasteiger partial charge in [0.05, 0.1) is 24.9 Å². The molecule has 0 spiro atoms. The molecule has 0 unspecified atom stereocenters. The van der Waals surface area contributed by atoms with Gasteiger partial charge in [-0.3, -0.25) is 4.79 Å². The number of rotatable bonds is 8. The lowest BCUT2D eigenvalue weighted by Crippen LogP contribution is -2.28. The second-order valence-corrected chi connectivity index (χ2v) is 7.93. The molecule has 6 nitrogen and oxygen atoms in total. The Morgan fingerprint density at radius 3 is 2.27 bits per heavy atom. The summed E-state index contributed by atoms with van der Waals surface area (Å²) in [5.41, 5.74) is 0.992. The summed E-state index contributed by atoms with van der Waals surface area (Å²) >= 11 is 0. The van der Waals surface area contributed by atoms with Gasteiger partial charge in [-0.1, -0.05) is 30.3 Å². The van der Waals surface area contributed by atoms with Gasteiger partial charge in [0, 0.05) is 26.1 Å². The third-order valence-corrected chi connectivity index (χ3v) is 5.70. The molecule has 2 rings (SSSR count). The highest BCUT2D eigenvalue weighted by molar-refractivity contribution is 7.91. The number of hydrogen-bond acceptors (Lipinski definition) is 5. The van der Waals surface area contributed by atoms with Crippen molar-refractivity contribution in [2.75, 3.05) is 27.0 Å². The highest BCUT2D eigenvalue weighted by atomic mass is 32.2. The van der Waals surface area contributed by atoms with E-state index in [0.717, 1.165) is 5.56 Å². The van der Waals surface area contributed by atoms with Gasteiger partial charge < -0.3 is 14.4 Å². The van der Waals surface area contributed by atoms with E-state index in [9.17, 15) is 13.2 Å². The van der Waals surface area contributed by atoms with Crippen molar-refractivity contribution in [1.29, 1.82) is 0 Å². The molecule has 0 saturated carbocycles.